The first-order chi connectivity index (χ1) is 8.93. The zero-order valence-electron chi connectivity index (χ0n) is 13.0. The van der Waals surface area contributed by atoms with E-state index in [4.69, 9.17) is 0 Å². The molecule has 2 heteroatoms. The molecule has 0 amide bonds. The molecule has 0 aromatic heterocycles. The molecule has 1 aromatic rings. The van der Waals surface area contributed by atoms with Crippen molar-refractivity contribution in [1.29, 1.82) is 0 Å². The molecule has 0 unspecified atom stereocenters. The average Bonchev–Trinajstić information content (AvgIpc) is 2.86. The van der Waals surface area contributed by atoms with Gasteiger partial charge in [0.15, 0.2) is 0 Å². The van der Waals surface area contributed by atoms with E-state index in [-0.39, 0.29) is 0 Å². The first-order valence-corrected chi connectivity index (χ1v) is 10.0. The summed E-state index contributed by atoms with van der Waals surface area (Å²) >= 11 is 0. The second-order valence-corrected chi connectivity index (χ2v) is 8.77. The summed E-state index contributed by atoms with van der Waals surface area (Å²) in [5.41, 5.74) is 7.22. The molecule has 0 atom stereocenters. The first-order valence-electron chi connectivity index (χ1n) is 7.15. The van der Waals surface area contributed by atoms with Crippen LogP contribution in [0, 0.1) is 27.7 Å². The molecule has 0 saturated heterocycles. The van der Waals surface area contributed by atoms with Crippen LogP contribution < -0.4 is 10.5 Å². The van der Waals surface area contributed by atoms with Gasteiger partial charge < -0.3 is 5.32 Å². The summed E-state index contributed by atoms with van der Waals surface area (Å²) in [5.74, 6) is 0. The number of nitrogens with one attached hydrogen (secondary N) is 1. The van der Waals surface area contributed by atoms with Crippen LogP contribution in [-0.4, -0.2) is 14.8 Å². The van der Waals surface area contributed by atoms with Gasteiger partial charge in [0.1, 0.15) is 0 Å². The van der Waals surface area contributed by atoms with Gasteiger partial charge in [0.25, 0.3) is 0 Å². The van der Waals surface area contributed by atoms with Crippen LogP contribution in [0.15, 0.2) is 24.3 Å². The molecular formula is C17H25NSi. The van der Waals surface area contributed by atoms with Crippen molar-refractivity contribution >= 4 is 19.7 Å². The van der Waals surface area contributed by atoms with Crippen LogP contribution in [0.5, 0.6) is 0 Å². The van der Waals surface area contributed by atoms with Gasteiger partial charge in [0.2, 0.25) is 0 Å². The van der Waals surface area contributed by atoms with E-state index in [0.717, 1.165) is 0 Å². The van der Waals surface area contributed by atoms with Crippen LogP contribution in [0.1, 0.15) is 22.3 Å². The largest absolute Gasteiger partial charge is 0.375 e. The highest BCUT2D eigenvalue weighted by molar-refractivity contribution is 6.72. The van der Waals surface area contributed by atoms with Crippen molar-refractivity contribution < 1.29 is 0 Å². The molecule has 19 heavy (non-hydrogen) atoms. The second kappa shape index (κ2) is 5.38. The Balaban J connectivity index is 2.56. The zero-order valence-corrected chi connectivity index (χ0v) is 14.1. The van der Waals surface area contributed by atoms with Crippen LogP contribution in [0.25, 0.3) is 0 Å². The van der Waals surface area contributed by atoms with E-state index in [2.05, 4.69) is 70.4 Å². The van der Waals surface area contributed by atoms with E-state index in [1.54, 1.807) is 5.19 Å². The molecule has 1 aromatic carbocycles. The Labute approximate surface area is 119 Å². The third kappa shape index (κ3) is 2.55. The molecule has 1 aliphatic carbocycles. The molecule has 1 aliphatic rings. The average molecular weight is 271 g/mol. The van der Waals surface area contributed by atoms with Crippen molar-refractivity contribution in [2.75, 3.05) is 5.32 Å². The zero-order chi connectivity index (χ0) is 14.2. The highest BCUT2D eigenvalue weighted by Crippen LogP contribution is 2.25. The van der Waals surface area contributed by atoms with Crippen molar-refractivity contribution in [2.45, 2.75) is 46.8 Å². The molecule has 1 nitrogen and oxygen atoms in total. The molecule has 2 rings (SSSR count). The number of hydrogen-bond donors (Lipinski definition) is 1. The van der Waals surface area contributed by atoms with Crippen molar-refractivity contribution in [3.05, 3.63) is 46.6 Å². The number of rotatable bonds is 3. The Morgan fingerprint density at radius 2 is 1.37 bits per heavy atom. The van der Waals surface area contributed by atoms with Crippen LogP contribution in [0.2, 0.25) is 13.1 Å². The Morgan fingerprint density at radius 1 is 0.842 bits per heavy atom. The summed E-state index contributed by atoms with van der Waals surface area (Å²) in [6.45, 7) is 13.9. The summed E-state index contributed by atoms with van der Waals surface area (Å²) < 4.78 is 0. The highest BCUT2D eigenvalue weighted by Gasteiger charge is 2.19. The smallest absolute Gasteiger partial charge is 0.0678 e. The molecule has 1 N–H and O–H groups in total. The maximum atomic E-state index is 3.73. The lowest BCUT2D eigenvalue weighted by Gasteiger charge is -2.25. The van der Waals surface area contributed by atoms with Gasteiger partial charge in [0.05, 0.1) is 14.8 Å². The minimum Gasteiger partial charge on any atom is -0.375 e. The predicted octanol–water partition coefficient (Wildman–Crippen LogP) is 3.52. The Hall–Kier alpha value is -1.28. The topological polar surface area (TPSA) is 12.0 Å². The number of anilines is 1. The van der Waals surface area contributed by atoms with E-state index in [0.29, 0.717) is 6.04 Å². The van der Waals surface area contributed by atoms with Gasteiger partial charge in [-0.2, -0.15) is 0 Å². The molecule has 102 valence electrons. The second-order valence-electron chi connectivity index (χ2n) is 5.88. The SMILES string of the molecule is Cc1c(C)c(C)c([SiH](C)C)c(NC2C=CC=C2)c1C. The van der Waals surface area contributed by atoms with Gasteiger partial charge in [0, 0.05) is 5.69 Å². The van der Waals surface area contributed by atoms with Gasteiger partial charge in [-0.15, -0.1) is 0 Å². The van der Waals surface area contributed by atoms with Crippen molar-refractivity contribution in [2.24, 2.45) is 0 Å². The Kier molecular flexibility index (Phi) is 4.00. The van der Waals surface area contributed by atoms with Crippen LogP contribution in [-0.2, 0) is 0 Å². The van der Waals surface area contributed by atoms with Gasteiger partial charge in [-0.25, -0.2) is 0 Å². The van der Waals surface area contributed by atoms with Crippen LogP contribution in [0.3, 0.4) is 0 Å². The Bertz CT molecular complexity index is 541. The van der Waals surface area contributed by atoms with E-state index < -0.39 is 8.80 Å². The number of allylic oxidation sites excluding steroid dienone is 2. The lowest BCUT2D eigenvalue weighted by molar-refractivity contribution is 1.11. The third-order valence-corrected chi connectivity index (χ3v) is 6.25. The van der Waals surface area contributed by atoms with Gasteiger partial charge >= 0.3 is 0 Å². The van der Waals surface area contributed by atoms with Crippen molar-refractivity contribution in [1.82, 2.24) is 0 Å². The molecule has 0 bridgehead atoms. The molecule has 0 spiro atoms. The Morgan fingerprint density at radius 3 is 1.89 bits per heavy atom. The van der Waals surface area contributed by atoms with Crippen LogP contribution in [0.4, 0.5) is 5.69 Å². The number of hydrogen-bond acceptors (Lipinski definition) is 1. The minimum absolute atomic E-state index is 0.353. The summed E-state index contributed by atoms with van der Waals surface area (Å²) in [4.78, 5) is 0. The molecular weight excluding hydrogens is 246 g/mol. The molecule has 0 saturated carbocycles. The lowest BCUT2D eigenvalue weighted by Crippen LogP contribution is -2.33. The molecule has 0 radical (unpaired) electrons. The highest BCUT2D eigenvalue weighted by atomic mass is 28.3. The summed E-state index contributed by atoms with van der Waals surface area (Å²) in [6, 6.07) is 0.353. The van der Waals surface area contributed by atoms with E-state index in [1.807, 2.05) is 0 Å². The minimum atomic E-state index is -0.856. The fourth-order valence-electron chi connectivity index (χ4n) is 2.94. The van der Waals surface area contributed by atoms with Crippen molar-refractivity contribution in [3.63, 3.8) is 0 Å². The number of benzene rings is 1. The predicted molar refractivity (Wildman–Crippen MR) is 89.6 cm³/mol. The molecule has 0 aliphatic heterocycles. The standard InChI is InChI=1S/C17H25NSi/c1-11-12(2)14(4)17(19(5)6)16(13(11)3)18-15-9-7-8-10-15/h7-10,15,18-19H,1-6H3. The fourth-order valence-corrected chi connectivity index (χ4v) is 4.90. The summed E-state index contributed by atoms with van der Waals surface area (Å²) in [7, 11) is -0.856. The fraction of sp³-hybridized carbons (Fsp3) is 0.412. The first kappa shape index (κ1) is 14.1. The monoisotopic (exact) mass is 271 g/mol. The van der Waals surface area contributed by atoms with E-state index in [1.165, 1.54) is 27.9 Å². The summed E-state index contributed by atoms with van der Waals surface area (Å²) in [5, 5.41) is 5.33. The maximum absolute atomic E-state index is 3.73. The quantitative estimate of drug-likeness (QED) is 0.830. The molecule has 0 fully saturated rings. The third-order valence-electron chi connectivity index (χ3n) is 4.37. The van der Waals surface area contributed by atoms with Crippen LogP contribution >= 0.6 is 0 Å². The van der Waals surface area contributed by atoms with Gasteiger partial charge in [-0.3, -0.25) is 0 Å². The summed E-state index contributed by atoms with van der Waals surface area (Å²) in [6.07, 6.45) is 8.67. The van der Waals surface area contributed by atoms with E-state index >= 15 is 0 Å². The van der Waals surface area contributed by atoms with Crippen molar-refractivity contribution in [3.8, 4) is 0 Å². The lowest BCUT2D eigenvalue weighted by atomic mass is 9.97. The maximum Gasteiger partial charge on any atom is 0.0678 e. The van der Waals surface area contributed by atoms with Gasteiger partial charge in [-0.05, 0) is 55.1 Å². The normalized spacial score (nSPS) is 14.7. The van der Waals surface area contributed by atoms with Gasteiger partial charge in [-0.1, -0.05) is 37.4 Å². The van der Waals surface area contributed by atoms with E-state index in [9.17, 15) is 0 Å². The molecule has 0 heterocycles.